The number of aromatic nitrogens is 1. The summed E-state index contributed by atoms with van der Waals surface area (Å²) in [6.45, 7) is 2.19. The second-order valence-electron chi connectivity index (χ2n) is 4.52. The van der Waals surface area contributed by atoms with Crippen LogP contribution in [-0.4, -0.2) is 18.1 Å². The number of nitrogens with zero attached hydrogens (tertiary/aromatic N) is 1. The Bertz CT molecular complexity index is 322. The molecule has 1 aromatic heterocycles. The predicted octanol–water partition coefficient (Wildman–Crippen LogP) is 2.64. The van der Waals surface area contributed by atoms with E-state index in [1.54, 1.807) is 0 Å². The molecule has 0 amide bonds. The highest BCUT2D eigenvalue weighted by molar-refractivity contribution is 5.27. The lowest BCUT2D eigenvalue weighted by molar-refractivity contribution is 0.343. The highest BCUT2D eigenvalue weighted by atomic mass is 14.9. The summed E-state index contributed by atoms with van der Waals surface area (Å²) in [6.07, 6.45) is 9.26. The lowest BCUT2D eigenvalue weighted by Crippen LogP contribution is -2.34. The van der Waals surface area contributed by atoms with Gasteiger partial charge < -0.3 is 5.32 Å². The van der Waals surface area contributed by atoms with Crippen LogP contribution in [0, 0.1) is 6.92 Å². The summed E-state index contributed by atoms with van der Waals surface area (Å²) in [6, 6.07) is 2.76. The van der Waals surface area contributed by atoms with Crippen molar-refractivity contribution in [1.29, 1.82) is 0 Å². The molecule has 0 bridgehead atoms. The summed E-state index contributed by atoms with van der Waals surface area (Å²) in [5, 5.41) is 3.45. The van der Waals surface area contributed by atoms with Gasteiger partial charge in [0.2, 0.25) is 0 Å². The second-order valence-corrected chi connectivity index (χ2v) is 4.52. The lowest BCUT2D eigenvalue weighted by atomic mass is 9.79. The van der Waals surface area contributed by atoms with E-state index in [4.69, 9.17) is 0 Å². The second kappa shape index (κ2) is 4.75. The molecule has 2 atom stereocenters. The third-order valence-electron chi connectivity index (χ3n) is 3.62. The zero-order valence-electron chi connectivity index (χ0n) is 9.66. The number of likely N-dealkylation sites (N-methyl/N-ethyl adjacent to an activating group) is 1. The molecular weight excluding hydrogens is 184 g/mol. The van der Waals surface area contributed by atoms with Crippen LogP contribution in [0.4, 0.5) is 0 Å². The topological polar surface area (TPSA) is 24.9 Å². The van der Waals surface area contributed by atoms with Gasteiger partial charge >= 0.3 is 0 Å². The van der Waals surface area contributed by atoms with Crippen molar-refractivity contribution in [3.8, 4) is 0 Å². The molecule has 1 aromatic rings. The molecule has 2 unspecified atom stereocenters. The molecule has 0 radical (unpaired) electrons. The Balaban J connectivity index is 2.24. The maximum absolute atomic E-state index is 4.26. The minimum absolute atomic E-state index is 0.640. The Labute approximate surface area is 92.1 Å². The third-order valence-corrected chi connectivity index (χ3v) is 3.62. The maximum atomic E-state index is 4.26. The molecule has 1 aliphatic carbocycles. The first-order valence-corrected chi connectivity index (χ1v) is 5.90. The van der Waals surface area contributed by atoms with Crippen molar-refractivity contribution in [1.82, 2.24) is 10.3 Å². The van der Waals surface area contributed by atoms with Crippen LogP contribution in [0.15, 0.2) is 18.5 Å². The SMILES string of the molecule is CNC1CCCCC1c1cnccc1C. The highest BCUT2D eigenvalue weighted by Gasteiger charge is 2.26. The van der Waals surface area contributed by atoms with Gasteiger partial charge in [0.25, 0.3) is 0 Å². The molecule has 2 nitrogen and oxygen atoms in total. The van der Waals surface area contributed by atoms with E-state index in [1.165, 1.54) is 36.8 Å². The highest BCUT2D eigenvalue weighted by Crippen LogP contribution is 2.33. The van der Waals surface area contributed by atoms with E-state index in [0.29, 0.717) is 12.0 Å². The third kappa shape index (κ3) is 2.20. The van der Waals surface area contributed by atoms with Crippen molar-refractivity contribution in [2.75, 3.05) is 7.05 Å². The average Bonchev–Trinajstić information content (AvgIpc) is 2.30. The number of pyridine rings is 1. The molecule has 0 aromatic carbocycles. The van der Waals surface area contributed by atoms with E-state index in [9.17, 15) is 0 Å². The Hall–Kier alpha value is -0.890. The van der Waals surface area contributed by atoms with Crippen molar-refractivity contribution in [3.63, 3.8) is 0 Å². The Kier molecular flexibility index (Phi) is 3.37. The quantitative estimate of drug-likeness (QED) is 0.801. The van der Waals surface area contributed by atoms with Crippen molar-refractivity contribution in [3.05, 3.63) is 29.6 Å². The summed E-state index contributed by atoms with van der Waals surface area (Å²) < 4.78 is 0. The molecular formula is C13H20N2. The molecule has 1 N–H and O–H groups in total. The summed E-state index contributed by atoms with van der Waals surface area (Å²) in [5.41, 5.74) is 2.83. The summed E-state index contributed by atoms with van der Waals surface area (Å²) in [5.74, 6) is 0.664. The molecule has 0 spiro atoms. The summed E-state index contributed by atoms with van der Waals surface area (Å²) >= 11 is 0. The Morgan fingerprint density at radius 3 is 2.87 bits per heavy atom. The van der Waals surface area contributed by atoms with Crippen molar-refractivity contribution in [2.45, 2.75) is 44.6 Å². The van der Waals surface area contributed by atoms with Gasteiger partial charge in [-0.2, -0.15) is 0 Å². The van der Waals surface area contributed by atoms with E-state index >= 15 is 0 Å². The van der Waals surface area contributed by atoms with Gasteiger partial charge in [-0.1, -0.05) is 12.8 Å². The number of aryl methyl sites for hydroxylation is 1. The summed E-state index contributed by atoms with van der Waals surface area (Å²) in [4.78, 5) is 4.26. The van der Waals surface area contributed by atoms with Gasteiger partial charge in [0.15, 0.2) is 0 Å². The minimum atomic E-state index is 0.640. The van der Waals surface area contributed by atoms with Crippen molar-refractivity contribution < 1.29 is 0 Å². The van der Waals surface area contributed by atoms with Gasteiger partial charge in [0, 0.05) is 24.4 Å². The van der Waals surface area contributed by atoms with E-state index in [-0.39, 0.29) is 0 Å². The monoisotopic (exact) mass is 204 g/mol. The smallest absolute Gasteiger partial charge is 0.0305 e. The molecule has 0 saturated heterocycles. The summed E-state index contributed by atoms with van der Waals surface area (Å²) in [7, 11) is 2.08. The van der Waals surface area contributed by atoms with Gasteiger partial charge in [-0.25, -0.2) is 0 Å². The van der Waals surface area contributed by atoms with Gasteiger partial charge in [-0.05, 0) is 44.0 Å². The first-order valence-electron chi connectivity index (χ1n) is 5.90. The molecule has 1 fully saturated rings. The van der Waals surface area contributed by atoms with Crippen LogP contribution in [-0.2, 0) is 0 Å². The zero-order chi connectivity index (χ0) is 10.7. The number of nitrogens with one attached hydrogen (secondary N) is 1. The van der Waals surface area contributed by atoms with Crippen LogP contribution >= 0.6 is 0 Å². The number of rotatable bonds is 2. The number of hydrogen-bond acceptors (Lipinski definition) is 2. The van der Waals surface area contributed by atoms with Gasteiger partial charge in [0.05, 0.1) is 0 Å². The van der Waals surface area contributed by atoms with Gasteiger partial charge in [-0.15, -0.1) is 0 Å². The van der Waals surface area contributed by atoms with Gasteiger partial charge in [-0.3, -0.25) is 4.98 Å². The van der Waals surface area contributed by atoms with Crippen LogP contribution in [0.5, 0.6) is 0 Å². The van der Waals surface area contributed by atoms with Crippen LogP contribution in [0.1, 0.15) is 42.7 Å². The van der Waals surface area contributed by atoms with Crippen LogP contribution in [0.3, 0.4) is 0 Å². The molecule has 1 saturated carbocycles. The van der Waals surface area contributed by atoms with Crippen LogP contribution in [0.25, 0.3) is 0 Å². The molecule has 0 aliphatic heterocycles. The lowest BCUT2D eigenvalue weighted by Gasteiger charge is -2.32. The fraction of sp³-hybridized carbons (Fsp3) is 0.615. The fourth-order valence-electron chi connectivity index (χ4n) is 2.71. The fourth-order valence-corrected chi connectivity index (χ4v) is 2.71. The first kappa shape index (κ1) is 10.6. The molecule has 15 heavy (non-hydrogen) atoms. The van der Waals surface area contributed by atoms with Crippen molar-refractivity contribution in [2.24, 2.45) is 0 Å². The molecule has 2 heteroatoms. The first-order chi connectivity index (χ1) is 7.33. The van der Waals surface area contributed by atoms with Crippen molar-refractivity contribution >= 4 is 0 Å². The molecule has 82 valence electrons. The Morgan fingerprint density at radius 1 is 1.33 bits per heavy atom. The number of hydrogen-bond donors (Lipinski definition) is 1. The average molecular weight is 204 g/mol. The molecule has 1 aliphatic rings. The molecule has 1 heterocycles. The Morgan fingerprint density at radius 2 is 2.13 bits per heavy atom. The van der Waals surface area contributed by atoms with E-state index in [1.807, 2.05) is 6.20 Å². The van der Waals surface area contributed by atoms with E-state index in [2.05, 4.69) is 36.5 Å². The van der Waals surface area contributed by atoms with E-state index in [0.717, 1.165) is 0 Å². The predicted molar refractivity (Wildman–Crippen MR) is 63.0 cm³/mol. The largest absolute Gasteiger partial charge is 0.316 e. The standard InChI is InChI=1S/C13H20N2/c1-10-7-8-15-9-12(10)11-5-3-4-6-13(11)14-2/h7-9,11,13-14H,3-6H2,1-2H3. The van der Waals surface area contributed by atoms with Crippen LogP contribution in [0.2, 0.25) is 0 Å². The minimum Gasteiger partial charge on any atom is -0.316 e. The molecule has 2 rings (SSSR count). The maximum Gasteiger partial charge on any atom is 0.0305 e. The zero-order valence-corrected chi connectivity index (χ0v) is 9.66. The van der Waals surface area contributed by atoms with E-state index < -0.39 is 0 Å². The normalized spacial score (nSPS) is 26.5. The van der Waals surface area contributed by atoms with Gasteiger partial charge in [0.1, 0.15) is 0 Å². The van der Waals surface area contributed by atoms with Crippen LogP contribution < -0.4 is 5.32 Å².